The summed E-state index contributed by atoms with van der Waals surface area (Å²) in [5.41, 5.74) is 2.27. The van der Waals surface area contributed by atoms with Crippen molar-refractivity contribution in [2.75, 3.05) is 27.6 Å². The summed E-state index contributed by atoms with van der Waals surface area (Å²) in [7, 11) is 3.24. The minimum atomic E-state index is -1.01. The molecule has 1 aliphatic heterocycles. The van der Waals surface area contributed by atoms with Gasteiger partial charge >= 0.3 is 5.97 Å². The van der Waals surface area contributed by atoms with Gasteiger partial charge in [0.15, 0.2) is 28.7 Å². The van der Waals surface area contributed by atoms with Crippen molar-refractivity contribution in [2.45, 2.75) is 19.5 Å². The van der Waals surface area contributed by atoms with Crippen LogP contribution in [-0.2, 0) is 19.5 Å². The number of carboxylic acid groups (broad SMARTS) is 1. The molecule has 1 aliphatic rings. The second kappa shape index (κ2) is 9.88. The van der Waals surface area contributed by atoms with Gasteiger partial charge in [-0.15, -0.1) is 11.3 Å². The lowest BCUT2D eigenvalue weighted by Gasteiger charge is -2.22. The van der Waals surface area contributed by atoms with Crippen molar-refractivity contribution in [2.24, 2.45) is 0 Å². The Kier molecular flexibility index (Phi) is 6.77. The van der Waals surface area contributed by atoms with E-state index in [1.165, 1.54) is 11.3 Å². The fraction of sp³-hybridized carbons (Fsp3) is 0.304. The maximum Gasteiger partial charge on any atom is 0.355 e. The van der Waals surface area contributed by atoms with Crippen LogP contribution >= 0.6 is 11.3 Å². The van der Waals surface area contributed by atoms with Gasteiger partial charge in [-0.2, -0.15) is 0 Å². The number of rotatable bonds is 10. The van der Waals surface area contributed by atoms with Crippen molar-refractivity contribution < 1.29 is 28.8 Å². The summed E-state index contributed by atoms with van der Waals surface area (Å²) in [5, 5.41) is 11.5. The fourth-order valence-electron chi connectivity index (χ4n) is 3.51. The lowest BCUT2D eigenvalue weighted by Crippen LogP contribution is -2.25. The van der Waals surface area contributed by atoms with Crippen molar-refractivity contribution in [3.8, 4) is 23.0 Å². The van der Waals surface area contributed by atoms with Gasteiger partial charge in [0, 0.05) is 18.5 Å². The summed E-state index contributed by atoms with van der Waals surface area (Å²) in [6, 6.07) is 11.8. The first-order chi connectivity index (χ1) is 15.6. The van der Waals surface area contributed by atoms with Gasteiger partial charge < -0.3 is 24.1 Å². The summed E-state index contributed by atoms with van der Waals surface area (Å²) in [6.07, 6.45) is 0.780. The van der Waals surface area contributed by atoms with E-state index in [-0.39, 0.29) is 12.5 Å². The molecule has 0 radical (unpaired) electrons. The van der Waals surface area contributed by atoms with Gasteiger partial charge in [-0.3, -0.25) is 4.90 Å². The second-order valence-electron chi connectivity index (χ2n) is 7.27. The fourth-order valence-corrected chi connectivity index (χ4v) is 4.32. The van der Waals surface area contributed by atoms with Crippen molar-refractivity contribution in [3.63, 3.8) is 0 Å². The zero-order valence-electron chi connectivity index (χ0n) is 17.9. The predicted octanol–water partition coefficient (Wildman–Crippen LogP) is 3.83. The third kappa shape index (κ3) is 5.12. The number of methoxy groups -OCH3 is 2. The molecule has 2 heterocycles. The van der Waals surface area contributed by atoms with Crippen LogP contribution in [0.15, 0.2) is 41.8 Å². The first kappa shape index (κ1) is 21.9. The van der Waals surface area contributed by atoms with E-state index in [0.717, 1.165) is 40.6 Å². The normalized spacial score (nSPS) is 12.2. The number of hydrogen-bond acceptors (Lipinski definition) is 8. The molecule has 2 aromatic carbocycles. The number of fused-ring (bicyclic) bond motifs is 1. The number of ether oxygens (including phenoxy) is 4. The molecule has 32 heavy (non-hydrogen) atoms. The van der Waals surface area contributed by atoms with Crippen LogP contribution in [0, 0.1) is 0 Å². The van der Waals surface area contributed by atoms with Crippen LogP contribution < -0.4 is 18.9 Å². The smallest absolute Gasteiger partial charge is 0.355 e. The van der Waals surface area contributed by atoms with Crippen LogP contribution in [0.2, 0.25) is 0 Å². The third-order valence-corrected chi connectivity index (χ3v) is 5.97. The molecular weight excluding hydrogens is 432 g/mol. The number of aromatic carboxylic acids is 1. The molecule has 8 nitrogen and oxygen atoms in total. The number of benzene rings is 2. The molecule has 0 bridgehead atoms. The van der Waals surface area contributed by atoms with Gasteiger partial charge in [-0.1, -0.05) is 12.1 Å². The highest BCUT2D eigenvalue weighted by molar-refractivity contribution is 7.09. The number of carboxylic acids is 1. The molecule has 1 N–H and O–H groups in total. The molecule has 0 spiro atoms. The largest absolute Gasteiger partial charge is 0.493 e. The molecule has 9 heteroatoms. The number of thiazole rings is 1. The van der Waals surface area contributed by atoms with E-state index in [2.05, 4.69) is 9.88 Å². The van der Waals surface area contributed by atoms with Crippen LogP contribution in [0.3, 0.4) is 0 Å². The Bertz CT molecular complexity index is 1100. The van der Waals surface area contributed by atoms with Gasteiger partial charge in [0.2, 0.25) is 6.79 Å². The Hall–Kier alpha value is -3.30. The topological polar surface area (TPSA) is 90.4 Å². The first-order valence-electron chi connectivity index (χ1n) is 10.0. The highest BCUT2D eigenvalue weighted by Crippen LogP contribution is 2.33. The molecule has 0 aliphatic carbocycles. The van der Waals surface area contributed by atoms with Crippen molar-refractivity contribution in [1.82, 2.24) is 9.88 Å². The third-order valence-electron chi connectivity index (χ3n) is 5.14. The monoisotopic (exact) mass is 456 g/mol. The Labute approximate surface area is 189 Å². The van der Waals surface area contributed by atoms with E-state index >= 15 is 0 Å². The van der Waals surface area contributed by atoms with Crippen LogP contribution in [0.1, 0.15) is 26.6 Å². The summed E-state index contributed by atoms with van der Waals surface area (Å²) >= 11 is 1.35. The molecule has 3 aromatic rings. The Morgan fingerprint density at radius 2 is 1.84 bits per heavy atom. The van der Waals surface area contributed by atoms with Gasteiger partial charge in [0.05, 0.1) is 20.8 Å². The molecule has 0 unspecified atom stereocenters. The molecular formula is C23H24N2O6S. The predicted molar refractivity (Wildman–Crippen MR) is 119 cm³/mol. The average molecular weight is 457 g/mol. The molecule has 0 atom stereocenters. The number of hydrogen-bond donors (Lipinski definition) is 1. The Balaban J connectivity index is 1.50. The molecule has 168 valence electrons. The maximum atomic E-state index is 11.2. The highest BCUT2D eigenvalue weighted by atomic mass is 32.1. The van der Waals surface area contributed by atoms with Gasteiger partial charge in [-0.25, -0.2) is 9.78 Å². The summed E-state index contributed by atoms with van der Waals surface area (Å²) in [5.74, 6) is 1.86. The minimum absolute atomic E-state index is 0.0768. The van der Waals surface area contributed by atoms with E-state index in [9.17, 15) is 9.90 Å². The first-order valence-corrected chi connectivity index (χ1v) is 10.9. The van der Waals surface area contributed by atoms with E-state index < -0.39 is 5.97 Å². The molecule has 0 saturated carbocycles. The van der Waals surface area contributed by atoms with Crippen molar-refractivity contribution in [1.29, 1.82) is 0 Å². The lowest BCUT2D eigenvalue weighted by molar-refractivity contribution is 0.0691. The average Bonchev–Trinajstić information content (AvgIpc) is 3.46. The van der Waals surface area contributed by atoms with Crippen molar-refractivity contribution in [3.05, 3.63) is 63.6 Å². The highest BCUT2D eigenvalue weighted by Gasteiger charge is 2.17. The Morgan fingerprint density at radius 3 is 2.59 bits per heavy atom. The number of nitrogens with zero attached hydrogens (tertiary/aromatic N) is 2. The molecule has 0 saturated heterocycles. The van der Waals surface area contributed by atoms with E-state index in [1.807, 2.05) is 36.4 Å². The summed E-state index contributed by atoms with van der Waals surface area (Å²) in [4.78, 5) is 17.7. The SMILES string of the molecule is COc1ccc(CCN(Cc2ccc3c(c2)OCO3)Cc2nc(C(=O)O)cs2)cc1OC. The second-order valence-corrected chi connectivity index (χ2v) is 8.21. The van der Waals surface area contributed by atoms with Gasteiger partial charge in [0.25, 0.3) is 0 Å². The van der Waals surface area contributed by atoms with Crippen molar-refractivity contribution >= 4 is 17.3 Å². The van der Waals surface area contributed by atoms with Crippen LogP contribution in [0.5, 0.6) is 23.0 Å². The minimum Gasteiger partial charge on any atom is -0.493 e. The lowest BCUT2D eigenvalue weighted by atomic mass is 10.1. The standard InChI is InChI=1S/C23H24N2O6S/c1-28-18-5-3-15(9-20(18)29-2)7-8-25(12-22-24-17(13-32-22)23(26)27)11-16-4-6-19-21(10-16)31-14-30-19/h3-6,9-10,13H,7-8,11-12,14H2,1-2H3,(H,26,27). The van der Waals surface area contributed by atoms with Gasteiger partial charge in [0.1, 0.15) is 5.01 Å². The van der Waals surface area contributed by atoms with E-state index in [0.29, 0.717) is 24.6 Å². The summed E-state index contributed by atoms with van der Waals surface area (Å²) in [6.45, 7) is 2.18. The quantitative estimate of drug-likeness (QED) is 0.492. The molecule has 4 rings (SSSR count). The zero-order chi connectivity index (χ0) is 22.5. The number of aromatic nitrogens is 1. The molecule has 1 aromatic heterocycles. The summed E-state index contributed by atoms with van der Waals surface area (Å²) < 4.78 is 21.6. The number of carbonyl (C=O) groups is 1. The van der Waals surface area contributed by atoms with Gasteiger partial charge in [-0.05, 0) is 41.8 Å². The van der Waals surface area contributed by atoms with Crippen LogP contribution in [-0.4, -0.2) is 48.5 Å². The Morgan fingerprint density at radius 1 is 1.06 bits per heavy atom. The van der Waals surface area contributed by atoms with Crippen LogP contribution in [0.25, 0.3) is 0 Å². The molecule has 0 amide bonds. The van der Waals surface area contributed by atoms with E-state index in [1.54, 1.807) is 19.6 Å². The molecule has 0 fully saturated rings. The maximum absolute atomic E-state index is 11.2. The van der Waals surface area contributed by atoms with Crippen LogP contribution in [0.4, 0.5) is 0 Å². The zero-order valence-corrected chi connectivity index (χ0v) is 18.7. The van der Waals surface area contributed by atoms with E-state index in [4.69, 9.17) is 18.9 Å².